The topological polar surface area (TPSA) is 97.5 Å². The summed E-state index contributed by atoms with van der Waals surface area (Å²) in [4.78, 5) is 11.6. The smallest absolute Gasteiger partial charge is 0.314 e. The van der Waals surface area contributed by atoms with Crippen molar-refractivity contribution < 1.29 is 18.3 Å². The van der Waals surface area contributed by atoms with Gasteiger partial charge in [-0.15, -0.1) is 0 Å². The minimum absolute atomic E-state index is 0.0827. The highest BCUT2D eigenvalue weighted by molar-refractivity contribution is 7.90. The first-order valence-electron chi connectivity index (χ1n) is 5.56. The summed E-state index contributed by atoms with van der Waals surface area (Å²) in [5, 5.41) is 9.39. The molecule has 0 unspecified atom stereocenters. The number of carboxylic acids is 1. The Morgan fingerprint density at radius 3 is 2.39 bits per heavy atom. The van der Waals surface area contributed by atoms with Crippen LogP contribution < -0.4 is 5.73 Å². The molecule has 98 valence electrons. The second-order valence-electron chi connectivity index (χ2n) is 4.82. The summed E-state index contributed by atoms with van der Waals surface area (Å²) >= 11 is 0. The minimum atomic E-state index is -3.45. The molecule has 3 N–H and O–H groups in total. The molecule has 0 aliphatic heterocycles. The SMILES string of the molecule is CS(=O)(=O)c1ccccc1C1(C(=O)O)CC(N)C1. The van der Waals surface area contributed by atoms with E-state index in [9.17, 15) is 18.3 Å². The summed E-state index contributed by atoms with van der Waals surface area (Å²) in [7, 11) is -3.45. The molecule has 18 heavy (non-hydrogen) atoms. The fourth-order valence-corrected chi connectivity index (χ4v) is 3.52. The van der Waals surface area contributed by atoms with E-state index in [1.807, 2.05) is 0 Å². The minimum Gasteiger partial charge on any atom is -0.481 e. The Balaban J connectivity index is 2.61. The fraction of sp³-hybridized carbons (Fsp3) is 0.417. The molecule has 1 aliphatic rings. The zero-order chi connectivity index (χ0) is 13.6. The molecule has 1 fully saturated rings. The summed E-state index contributed by atoms with van der Waals surface area (Å²) in [6.07, 6.45) is 1.63. The van der Waals surface area contributed by atoms with Crippen LogP contribution in [0.4, 0.5) is 0 Å². The van der Waals surface area contributed by atoms with Crippen molar-refractivity contribution in [1.82, 2.24) is 0 Å². The Morgan fingerprint density at radius 1 is 1.39 bits per heavy atom. The van der Waals surface area contributed by atoms with Gasteiger partial charge in [0.1, 0.15) is 0 Å². The summed E-state index contributed by atoms with van der Waals surface area (Å²) in [5.74, 6) is -1.01. The van der Waals surface area contributed by atoms with Crippen LogP contribution in [0.15, 0.2) is 29.2 Å². The highest BCUT2D eigenvalue weighted by Crippen LogP contribution is 2.45. The van der Waals surface area contributed by atoms with E-state index in [-0.39, 0.29) is 23.8 Å². The molecular weight excluding hydrogens is 254 g/mol. The van der Waals surface area contributed by atoms with Crippen molar-refractivity contribution in [3.8, 4) is 0 Å². The van der Waals surface area contributed by atoms with E-state index < -0.39 is 21.2 Å². The summed E-state index contributed by atoms with van der Waals surface area (Å²) < 4.78 is 23.4. The van der Waals surface area contributed by atoms with Gasteiger partial charge in [0.25, 0.3) is 0 Å². The van der Waals surface area contributed by atoms with E-state index in [4.69, 9.17) is 5.73 Å². The second kappa shape index (κ2) is 4.07. The van der Waals surface area contributed by atoms with E-state index in [1.54, 1.807) is 18.2 Å². The van der Waals surface area contributed by atoms with Crippen molar-refractivity contribution in [1.29, 1.82) is 0 Å². The molecule has 0 amide bonds. The van der Waals surface area contributed by atoms with E-state index >= 15 is 0 Å². The predicted molar refractivity (Wildman–Crippen MR) is 66.1 cm³/mol. The van der Waals surface area contributed by atoms with Gasteiger partial charge in [-0.2, -0.15) is 0 Å². The molecule has 6 heteroatoms. The number of nitrogens with two attached hydrogens (primary N) is 1. The monoisotopic (exact) mass is 269 g/mol. The average molecular weight is 269 g/mol. The van der Waals surface area contributed by atoms with E-state index in [1.165, 1.54) is 6.07 Å². The Labute approximate surface area is 106 Å². The first kappa shape index (κ1) is 13.0. The van der Waals surface area contributed by atoms with Crippen LogP contribution in [0.5, 0.6) is 0 Å². The van der Waals surface area contributed by atoms with Gasteiger partial charge in [-0.05, 0) is 24.5 Å². The number of carboxylic acid groups (broad SMARTS) is 1. The van der Waals surface area contributed by atoms with Crippen LogP contribution in [0.1, 0.15) is 18.4 Å². The van der Waals surface area contributed by atoms with Crippen molar-refractivity contribution in [2.24, 2.45) is 5.73 Å². The van der Waals surface area contributed by atoms with Crippen LogP contribution >= 0.6 is 0 Å². The Kier molecular flexibility index (Phi) is 2.95. The lowest BCUT2D eigenvalue weighted by Crippen LogP contribution is -2.54. The largest absolute Gasteiger partial charge is 0.481 e. The Morgan fingerprint density at radius 2 is 1.94 bits per heavy atom. The molecule has 1 aromatic carbocycles. The average Bonchev–Trinajstić information content (AvgIpc) is 2.23. The second-order valence-corrected chi connectivity index (χ2v) is 6.81. The van der Waals surface area contributed by atoms with E-state index in [0.717, 1.165) is 6.26 Å². The predicted octanol–water partition coefficient (Wildman–Crippen LogP) is 0.534. The summed E-state index contributed by atoms with van der Waals surface area (Å²) in [5.41, 5.74) is 4.87. The number of carbonyl (C=O) groups is 1. The molecule has 1 aliphatic carbocycles. The lowest BCUT2D eigenvalue weighted by atomic mass is 9.62. The van der Waals surface area contributed by atoms with Crippen LogP contribution in [0.2, 0.25) is 0 Å². The number of aliphatic carboxylic acids is 1. The molecule has 0 bridgehead atoms. The van der Waals surface area contributed by atoms with Gasteiger partial charge in [-0.25, -0.2) is 8.42 Å². The summed E-state index contributed by atoms with van der Waals surface area (Å²) in [6.45, 7) is 0. The van der Waals surface area contributed by atoms with Crippen molar-refractivity contribution in [2.45, 2.75) is 29.2 Å². The molecule has 1 saturated carbocycles. The van der Waals surface area contributed by atoms with Crippen LogP contribution in [-0.4, -0.2) is 31.8 Å². The fourth-order valence-electron chi connectivity index (χ4n) is 2.53. The van der Waals surface area contributed by atoms with Gasteiger partial charge >= 0.3 is 5.97 Å². The first-order chi connectivity index (χ1) is 8.27. The Bertz CT molecular complexity index is 588. The van der Waals surface area contributed by atoms with Gasteiger partial charge in [0, 0.05) is 12.3 Å². The van der Waals surface area contributed by atoms with Crippen molar-refractivity contribution >= 4 is 15.8 Å². The molecule has 1 aromatic rings. The molecule has 2 rings (SSSR count). The zero-order valence-corrected chi connectivity index (χ0v) is 10.8. The molecule has 0 heterocycles. The van der Waals surface area contributed by atoms with Crippen molar-refractivity contribution in [3.05, 3.63) is 29.8 Å². The van der Waals surface area contributed by atoms with Crippen LogP contribution in [0.25, 0.3) is 0 Å². The normalized spacial score (nSPS) is 27.6. The number of sulfone groups is 1. The lowest BCUT2D eigenvalue weighted by molar-refractivity contribution is -0.148. The summed E-state index contributed by atoms with van der Waals surface area (Å²) in [6, 6.07) is 6.07. The maximum atomic E-state index is 11.7. The van der Waals surface area contributed by atoms with Gasteiger partial charge in [0.2, 0.25) is 0 Å². The number of hydrogen-bond acceptors (Lipinski definition) is 4. The molecular formula is C12H15NO4S. The zero-order valence-electron chi connectivity index (χ0n) is 9.96. The van der Waals surface area contributed by atoms with Gasteiger partial charge in [0.15, 0.2) is 9.84 Å². The van der Waals surface area contributed by atoms with Crippen LogP contribution in [0.3, 0.4) is 0 Å². The third-order valence-corrected chi connectivity index (χ3v) is 4.59. The van der Waals surface area contributed by atoms with Gasteiger partial charge in [-0.3, -0.25) is 4.79 Å². The standard InChI is InChI=1S/C12H15NO4S/c1-18(16,17)10-5-3-2-4-9(10)12(11(14)15)6-8(13)7-12/h2-5,8H,6-7,13H2,1H3,(H,14,15). The Hall–Kier alpha value is -1.40. The number of rotatable bonds is 3. The maximum absolute atomic E-state index is 11.7. The molecule has 0 atom stereocenters. The van der Waals surface area contributed by atoms with Gasteiger partial charge < -0.3 is 10.8 Å². The van der Waals surface area contributed by atoms with E-state index in [0.29, 0.717) is 5.56 Å². The van der Waals surface area contributed by atoms with Crippen LogP contribution in [-0.2, 0) is 20.0 Å². The maximum Gasteiger partial charge on any atom is 0.314 e. The molecule has 0 saturated heterocycles. The molecule has 0 radical (unpaired) electrons. The highest BCUT2D eigenvalue weighted by Gasteiger charge is 2.52. The third-order valence-electron chi connectivity index (χ3n) is 3.43. The van der Waals surface area contributed by atoms with Crippen LogP contribution in [0, 0.1) is 0 Å². The number of hydrogen-bond donors (Lipinski definition) is 2. The van der Waals surface area contributed by atoms with Gasteiger partial charge in [0.05, 0.1) is 10.3 Å². The van der Waals surface area contributed by atoms with Crippen molar-refractivity contribution in [2.75, 3.05) is 6.26 Å². The van der Waals surface area contributed by atoms with Gasteiger partial charge in [-0.1, -0.05) is 18.2 Å². The first-order valence-corrected chi connectivity index (χ1v) is 7.45. The van der Waals surface area contributed by atoms with E-state index in [2.05, 4.69) is 0 Å². The third kappa shape index (κ3) is 1.91. The lowest BCUT2D eigenvalue weighted by Gasteiger charge is -2.43. The van der Waals surface area contributed by atoms with Crippen molar-refractivity contribution in [3.63, 3.8) is 0 Å². The highest BCUT2D eigenvalue weighted by atomic mass is 32.2. The molecule has 0 aromatic heterocycles. The number of benzene rings is 1. The molecule has 5 nitrogen and oxygen atoms in total. The quantitative estimate of drug-likeness (QED) is 0.834. The molecule has 0 spiro atoms.